The van der Waals surface area contributed by atoms with Crippen molar-refractivity contribution in [1.82, 2.24) is 15.5 Å². The lowest BCUT2D eigenvalue weighted by Gasteiger charge is -2.14. The predicted molar refractivity (Wildman–Crippen MR) is 92.3 cm³/mol. The first-order chi connectivity index (χ1) is 10.6. The number of benzene rings is 1. The molecule has 1 atom stereocenters. The third kappa shape index (κ3) is 4.60. The van der Waals surface area contributed by atoms with Crippen LogP contribution in [0.3, 0.4) is 0 Å². The molecule has 2 rings (SSSR count). The number of nitrogens with zero attached hydrogens (tertiary/aromatic N) is 2. The Kier molecular flexibility index (Phi) is 6.02. The Morgan fingerprint density at radius 3 is 2.86 bits per heavy atom. The Morgan fingerprint density at radius 1 is 1.41 bits per heavy atom. The van der Waals surface area contributed by atoms with E-state index in [2.05, 4.69) is 27.8 Å². The van der Waals surface area contributed by atoms with E-state index >= 15 is 0 Å². The third-order valence-corrected chi connectivity index (χ3v) is 4.99. The molecule has 0 saturated heterocycles. The second-order valence-electron chi connectivity index (χ2n) is 4.64. The molecule has 0 radical (unpaired) electrons. The van der Waals surface area contributed by atoms with Crippen LogP contribution in [-0.2, 0) is 0 Å². The maximum Gasteiger partial charge on any atom is 0.319 e. The zero-order valence-corrected chi connectivity index (χ0v) is 14.1. The molecular weight excluding hydrogens is 318 g/mol. The van der Waals surface area contributed by atoms with Gasteiger partial charge in [0.2, 0.25) is 5.13 Å². The summed E-state index contributed by atoms with van der Waals surface area (Å²) in [4.78, 5) is 13.2. The molecule has 2 aromatic rings. The van der Waals surface area contributed by atoms with Crippen molar-refractivity contribution < 1.29 is 4.79 Å². The number of aromatic nitrogens is 2. The van der Waals surface area contributed by atoms with Crippen LogP contribution >= 0.6 is 23.1 Å². The van der Waals surface area contributed by atoms with E-state index in [0.29, 0.717) is 10.1 Å². The van der Waals surface area contributed by atoms with E-state index in [1.165, 1.54) is 11.3 Å². The van der Waals surface area contributed by atoms with Gasteiger partial charge in [-0.2, -0.15) is 0 Å². The fraction of sp³-hybridized carbons (Fsp3) is 0.357. The summed E-state index contributed by atoms with van der Waals surface area (Å²) in [6, 6.07) is 7.25. The van der Waals surface area contributed by atoms with Gasteiger partial charge in [-0.25, -0.2) is 4.79 Å². The largest absolute Gasteiger partial charge is 0.374 e. The van der Waals surface area contributed by atoms with E-state index < -0.39 is 0 Å². The number of carbonyl (C=O) groups excluding carboxylic acids is 1. The van der Waals surface area contributed by atoms with E-state index in [0.717, 1.165) is 22.8 Å². The van der Waals surface area contributed by atoms with Gasteiger partial charge in [0.05, 0.1) is 11.7 Å². The number of para-hydroxylation sites is 1. The van der Waals surface area contributed by atoms with Crippen molar-refractivity contribution in [2.75, 3.05) is 16.8 Å². The van der Waals surface area contributed by atoms with Gasteiger partial charge in [-0.1, -0.05) is 30.4 Å². The molecule has 22 heavy (non-hydrogen) atoms. The lowest BCUT2D eigenvalue weighted by Crippen LogP contribution is -2.31. The molecule has 118 valence electrons. The van der Waals surface area contributed by atoms with Gasteiger partial charge in [-0.05, 0) is 31.2 Å². The van der Waals surface area contributed by atoms with E-state index in [1.54, 1.807) is 11.8 Å². The lowest BCUT2D eigenvalue weighted by atomic mass is 10.3. The molecule has 0 bridgehead atoms. The molecule has 1 aromatic heterocycles. The monoisotopic (exact) mass is 337 g/mol. The first kappa shape index (κ1) is 16.6. The molecule has 0 spiro atoms. The van der Waals surface area contributed by atoms with Crippen molar-refractivity contribution in [2.45, 2.75) is 31.2 Å². The minimum Gasteiger partial charge on any atom is -0.374 e. The van der Waals surface area contributed by atoms with Gasteiger partial charge in [0.25, 0.3) is 0 Å². The molecular formula is C14H19N5OS2. The van der Waals surface area contributed by atoms with Crippen LogP contribution in [-0.4, -0.2) is 22.0 Å². The van der Waals surface area contributed by atoms with Crippen LogP contribution in [0.15, 0.2) is 29.2 Å². The number of rotatable bonds is 6. The van der Waals surface area contributed by atoms with E-state index in [1.807, 2.05) is 31.2 Å². The predicted octanol–water partition coefficient (Wildman–Crippen LogP) is 3.51. The van der Waals surface area contributed by atoms with Gasteiger partial charge in [0.15, 0.2) is 0 Å². The fourth-order valence-corrected chi connectivity index (χ4v) is 3.23. The summed E-state index contributed by atoms with van der Waals surface area (Å²) in [5, 5.41) is 14.5. The summed E-state index contributed by atoms with van der Waals surface area (Å²) >= 11 is 3.00. The maximum atomic E-state index is 12.1. The molecule has 4 N–H and O–H groups in total. The Morgan fingerprint density at radius 2 is 2.18 bits per heavy atom. The normalized spacial score (nSPS) is 11.9. The summed E-state index contributed by atoms with van der Waals surface area (Å²) in [6.07, 6.45) is 1.08. The van der Waals surface area contributed by atoms with E-state index in [4.69, 9.17) is 5.73 Å². The van der Waals surface area contributed by atoms with Gasteiger partial charge in [-0.15, -0.1) is 22.0 Å². The summed E-state index contributed by atoms with van der Waals surface area (Å²) in [7, 11) is 0. The highest BCUT2D eigenvalue weighted by molar-refractivity contribution is 7.99. The van der Waals surface area contributed by atoms with Crippen LogP contribution in [0.2, 0.25) is 0 Å². The number of nitrogens with two attached hydrogens (primary N) is 1. The van der Waals surface area contributed by atoms with Crippen LogP contribution in [0.1, 0.15) is 31.3 Å². The first-order valence-corrected chi connectivity index (χ1v) is 8.78. The van der Waals surface area contributed by atoms with Crippen LogP contribution in [0.5, 0.6) is 0 Å². The number of nitrogens with one attached hydrogen (secondary N) is 2. The molecule has 0 saturated carbocycles. The van der Waals surface area contributed by atoms with Crippen LogP contribution < -0.4 is 16.4 Å². The molecule has 6 nitrogen and oxygen atoms in total. The lowest BCUT2D eigenvalue weighted by molar-refractivity contribution is 0.249. The van der Waals surface area contributed by atoms with Crippen molar-refractivity contribution in [1.29, 1.82) is 0 Å². The first-order valence-electron chi connectivity index (χ1n) is 6.98. The van der Waals surface area contributed by atoms with E-state index in [-0.39, 0.29) is 12.1 Å². The van der Waals surface area contributed by atoms with Crippen molar-refractivity contribution in [3.63, 3.8) is 0 Å². The number of hydrogen-bond acceptors (Lipinski definition) is 6. The standard InChI is InChI=1S/C14H19N5OS2/c1-3-8-21-11-7-5-4-6-10(11)17-14(20)16-9(2)12-18-19-13(15)22-12/h4-7,9H,3,8H2,1-2H3,(H2,15,19)(H2,16,17,20). The van der Waals surface area contributed by atoms with Crippen LogP contribution in [0.4, 0.5) is 15.6 Å². The Labute approximate surface area is 137 Å². The molecule has 1 heterocycles. The number of hydrogen-bond donors (Lipinski definition) is 3. The maximum absolute atomic E-state index is 12.1. The summed E-state index contributed by atoms with van der Waals surface area (Å²) in [6.45, 7) is 3.97. The van der Waals surface area contributed by atoms with Crippen LogP contribution in [0, 0.1) is 0 Å². The highest BCUT2D eigenvalue weighted by Gasteiger charge is 2.14. The molecule has 0 aliphatic carbocycles. The van der Waals surface area contributed by atoms with Crippen molar-refractivity contribution >= 4 is 39.9 Å². The molecule has 1 unspecified atom stereocenters. The fourth-order valence-electron chi connectivity index (χ4n) is 1.75. The van der Waals surface area contributed by atoms with Gasteiger partial charge in [0.1, 0.15) is 5.01 Å². The van der Waals surface area contributed by atoms with Crippen LogP contribution in [0.25, 0.3) is 0 Å². The summed E-state index contributed by atoms with van der Waals surface area (Å²) < 4.78 is 0. The van der Waals surface area contributed by atoms with Gasteiger partial charge in [-0.3, -0.25) is 0 Å². The molecule has 1 aromatic carbocycles. The second kappa shape index (κ2) is 8.00. The number of amides is 2. The molecule has 0 aliphatic heterocycles. The number of thioether (sulfide) groups is 1. The summed E-state index contributed by atoms with van der Waals surface area (Å²) in [5.74, 6) is 1.01. The Bertz CT molecular complexity index is 631. The number of carbonyl (C=O) groups is 1. The van der Waals surface area contributed by atoms with Gasteiger partial charge < -0.3 is 16.4 Å². The number of urea groups is 1. The minimum atomic E-state index is -0.272. The minimum absolute atomic E-state index is 0.245. The topological polar surface area (TPSA) is 92.9 Å². The number of anilines is 2. The molecule has 2 amide bonds. The van der Waals surface area contributed by atoms with E-state index in [9.17, 15) is 4.79 Å². The average molecular weight is 337 g/mol. The Balaban J connectivity index is 1.97. The summed E-state index contributed by atoms with van der Waals surface area (Å²) in [5.41, 5.74) is 6.36. The molecule has 0 fully saturated rings. The van der Waals surface area contributed by atoms with Gasteiger partial charge >= 0.3 is 6.03 Å². The smallest absolute Gasteiger partial charge is 0.319 e. The highest BCUT2D eigenvalue weighted by atomic mass is 32.2. The zero-order valence-electron chi connectivity index (χ0n) is 12.5. The third-order valence-electron chi connectivity index (χ3n) is 2.77. The van der Waals surface area contributed by atoms with Crippen molar-refractivity contribution in [2.24, 2.45) is 0 Å². The number of nitrogen functional groups attached to an aromatic ring is 1. The molecule has 8 heteroatoms. The zero-order chi connectivity index (χ0) is 15.9. The van der Waals surface area contributed by atoms with Crippen molar-refractivity contribution in [3.8, 4) is 0 Å². The van der Waals surface area contributed by atoms with Gasteiger partial charge in [0, 0.05) is 4.90 Å². The van der Waals surface area contributed by atoms with Crippen molar-refractivity contribution in [3.05, 3.63) is 29.3 Å². The SMILES string of the molecule is CCCSc1ccccc1NC(=O)NC(C)c1nnc(N)s1. The highest BCUT2D eigenvalue weighted by Crippen LogP contribution is 2.27. The average Bonchev–Trinajstić information content (AvgIpc) is 2.93. The second-order valence-corrected chi connectivity index (χ2v) is 6.82. The quantitative estimate of drug-likeness (QED) is 0.702. The Hall–Kier alpha value is -1.80. The molecule has 0 aliphatic rings.